The summed E-state index contributed by atoms with van der Waals surface area (Å²) in [4.78, 5) is 22.8. The Morgan fingerprint density at radius 2 is 1.94 bits per heavy atom. The van der Waals surface area contributed by atoms with Crippen LogP contribution in [0.5, 0.6) is 0 Å². The first-order chi connectivity index (χ1) is 8.18. The number of benzene rings is 1. The summed E-state index contributed by atoms with van der Waals surface area (Å²) < 4.78 is 4.50. The normalized spacial score (nSPS) is 14.1. The van der Waals surface area contributed by atoms with Crippen molar-refractivity contribution in [1.82, 2.24) is 0 Å². The Morgan fingerprint density at radius 1 is 1.28 bits per heavy atom. The Labute approximate surface area is 127 Å². The van der Waals surface area contributed by atoms with Crippen molar-refractivity contribution in [2.45, 2.75) is 12.8 Å². The molecule has 1 aliphatic rings. The number of hydrogen-bond acceptors (Lipinski definition) is 4. The SMILES string of the molecule is O=C(CCc1ccccc1)C1=C([O-])COC1=O.[Na+]. The molecule has 0 unspecified atom stereocenters. The molecule has 0 fully saturated rings. The number of esters is 1. The van der Waals surface area contributed by atoms with Crippen LogP contribution in [0.1, 0.15) is 12.0 Å². The van der Waals surface area contributed by atoms with Gasteiger partial charge >= 0.3 is 35.5 Å². The molecule has 88 valence electrons. The molecule has 18 heavy (non-hydrogen) atoms. The van der Waals surface area contributed by atoms with Crippen LogP contribution in [-0.4, -0.2) is 18.4 Å². The molecule has 0 N–H and O–H groups in total. The third-order valence-corrected chi connectivity index (χ3v) is 2.58. The first-order valence-corrected chi connectivity index (χ1v) is 5.33. The number of Topliss-reactive ketones (excluding diaryl/α,β-unsaturated/α-hetero) is 1. The number of rotatable bonds is 4. The monoisotopic (exact) mass is 254 g/mol. The van der Waals surface area contributed by atoms with Crippen LogP contribution in [0.15, 0.2) is 41.7 Å². The average molecular weight is 254 g/mol. The quantitative estimate of drug-likeness (QED) is 0.335. The number of hydrogen-bond donors (Lipinski definition) is 0. The Morgan fingerprint density at radius 3 is 2.50 bits per heavy atom. The summed E-state index contributed by atoms with van der Waals surface area (Å²) in [5.41, 5.74) is 0.696. The summed E-state index contributed by atoms with van der Waals surface area (Å²) in [6, 6.07) is 9.43. The predicted octanol–water partition coefficient (Wildman–Crippen LogP) is -2.64. The van der Waals surface area contributed by atoms with Crippen LogP contribution in [-0.2, 0) is 20.7 Å². The molecule has 1 aromatic carbocycles. The molecule has 1 aromatic rings. The van der Waals surface area contributed by atoms with Gasteiger partial charge in [0, 0.05) is 6.42 Å². The van der Waals surface area contributed by atoms with Crippen molar-refractivity contribution in [3.8, 4) is 0 Å². The van der Waals surface area contributed by atoms with Gasteiger partial charge in [-0.25, -0.2) is 4.79 Å². The van der Waals surface area contributed by atoms with E-state index in [1.807, 2.05) is 30.3 Å². The second-order valence-corrected chi connectivity index (χ2v) is 3.78. The van der Waals surface area contributed by atoms with Crippen LogP contribution in [0.4, 0.5) is 0 Å². The van der Waals surface area contributed by atoms with Crippen molar-refractivity contribution in [3.05, 3.63) is 47.2 Å². The minimum absolute atomic E-state index is 0. The Balaban J connectivity index is 0.00000162. The van der Waals surface area contributed by atoms with Gasteiger partial charge in [-0.2, -0.15) is 0 Å². The van der Waals surface area contributed by atoms with Crippen molar-refractivity contribution in [1.29, 1.82) is 0 Å². The molecule has 1 heterocycles. The van der Waals surface area contributed by atoms with Gasteiger partial charge in [0.1, 0.15) is 6.61 Å². The van der Waals surface area contributed by atoms with Crippen molar-refractivity contribution in [2.24, 2.45) is 0 Å². The Hall–Kier alpha value is -1.10. The van der Waals surface area contributed by atoms with Crippen LogP contribution >= 0.6 is 0 Å². The molecule has 0 aromatic heterocycles. The zero-order chi connectivity index (χ0) is 12.3. The molecular formula is C13H11NaO4. The van der Waals surface area contributed by atoms with E-state index >= 15 is 0 Å². The number of carbonyl (C=O) groups excluding carboxylic acids is 2. The van der Waals surface area contributed by atoms with Crippen LogP contribution < -0.4 is 34.7 Å². The zero-order valence-corrected chi connectivity index (χ0v) is 12.1. The summed E-state index contributed by atoms with van der Waals surface area (Å²) in [5.74, 6) is -1.72. The molecule has 0 amide bonds. The number of aryl methyl sites for hydroxylation is 1. The Kier molecular flexibility index (Phi) is 5.59. The molecule has 0 aliphatic carbocycles. The molecule has 5 heteroatoms. The third kappa shape index (κ3) is 3.45. The van der Waals surface area contributed by atoms with Gasteiger partial charge in [-0.15, -0.1) is 0 Å². The largest absolute Gasteiger partial charge is 1.00 e. The average Bonchev–Trinajstić information content (AvgIpc) is 2.67. The molecular weight excluding hydrogens is 243 g/mol. The molecule has 0 saturated heterocycles. The van der Waals surface area contributed by atoms with Gasteiger partial charge < -0.3 is 9.84 Å². The predicted molar refractivity (Wildman–Crippen MR) is 57.8 cm³/mol. The fourth-order valence-electron chi connectivity index (χ4n) is 1.69. The fraction of sp³-hybridized carbons (Fsp3) is 0.231. The van der Waals surface area contributed by atoms with E-state index in [-0.39, 0.29) is 48.2 Å². The maximum absolute atomic E-state index is 11.7. The van der Waals surface area contributed by atoms with E-state index in [1.165, 1.54) is 0 Å². The molecule has 0 saturated carbocycles. The number of cyclic esters (lactones) is 1. The van der Waals surface area contributed by atoms with Gasteiger partial charge in [0.25, 0.3) is 0 Å². The molecule has 4 nitrogen and oxygen atoms in total. The maximum atomic E-state index is 11.7. The minimum Gasteiger partial charge on any atom is -0.873 e. The Bertz CT molecular complexity index is 479. The van der Waals surface area contributed by atoms with Crippen molar-refractivity contribution in [2.75, 3.05) is 6.61 Å². The van der Waals surface area contributed by atoms with Gasteiger partial charge in [-0.3, -0.25) is 4.79 Å². The molecule has 0 radical (unpaired) electrons. The van der Waals surface area contributed by atoms with Gasteiger partial charge in [0.15, 0.2) is 5.78 Å². The third-order valence-electron chi connectivity index (χ3n) is 2.58. The molecule has 0 atom stereocenters. The van der Waals surface area contributed by atoms with Crippen LogP contribution in [0.3, 0.4) is 0 Å². The fourth-order valence-corrected chi connectivity index (χ4v) is 1.69. The van der Waals surface area contributed by atoms with E-state index < -0.39 is 17.5 Å². The van der Waals surface area contributed by atoms with Crippen molar-refractivity contribution in [3.63, 3.8) is 0 Å². The van der Waals surface area contributed by atoms with E-state index in [0.29, 0.717) is 6.42 Å². The van der Waals surface area contributed by atoms with E-state index in [4.69, 9.17) is 0 Å². The smallest absolute Gasteiger partial charge is 0.873 e. The molecule has 1 aliphatic heterocycles. The van der Waals surface area contributed by atoms with E-state index in [9.17, 15) is 14.7 Å². The summed E-state index contributed by atoms with van der Waals surface area (Å²) in [6.45, 7) is -0.300. The van der Waals surface area contributed by atoms with Gasteiger partial charge in [-0.1, -0.05) is 36.1 Å². The first-order valence-electron chi connectivity index (χ1n) is 5.33. The summed E-state index contributed by atoms with van der Waals surface area (Å²) in [7, 11) is 0. The summed E-state index contributed by atoms with van der Waals surface area (Å²) in [5, 5.41) is 11.2. The summed E-state index contributed by atoms with van der Waals surface area (Å²) >= 11 is 0. The van der Waals surface area contributed by atoms with E-state index in [1.54, 1.807) is 0 Å². The van der Waals surface area contributed by atoms with E-state index in [0.717, 1.165) is 5.56 Å². The maximum Gasteiger partial charge on any atom is 1.00 e. The van der Waals surface area contributed by atoms with Gasteiger partial charge in [0.2, 0.25) is 0 Å². The number of ether oxygens (including phenoxy) is 1. The summed E-state index contributed by atoms with van der Waals surface area (Å²) in [6.07, 6.45) is 0.671. The van der Waals surface area contributed by atoms with Crippen LogP contribution in [0, 0.1) is 0 Å². The van der Waals surface area contributed by atoms with Gasteiger partial charge in [-0.05, 0) is 12.0 Å². The standard InChI is InChI=1S/C13H12O4.Na/c14-10(12-11(15)8-17-13(12)16)7-6-9-4-2-1-3-5-9;/h1-5,15H,6-8H2;/q;+1/p-1. The van der Waals surface area contributed by atoms with Crippen molar-refractivity contribution >= 4 is 11.8 Å². The first kappa shape index (κ1) is 15.0. The second kappa shape index (κ2) is 6.73. The minimum atomic E-state index is -0.784. The van der Waals surface area contributed by atoms with Crippen LogP contribution in [0.2, 0.25) is 0 Å². The van der Waals surface area contributed by atoms with E-state index in [2.05, 4.69) is 4.74 Å². The molecule has 2 rings (SSSR count). The van der Waals surface area contributed by atoms with Crippen molar-refractivity contribution < 1.29 is 49.0 Å². The molecule has 0 bridgehead atoms. The number of carbonyl (C=O) groups is 2. The van der Waals surface area contributed by atoms with Crippen LogP contribution in [0.25, 0.3) is 0 Å². The van der Waals surface area contributed by atoms with Gasteiger partial charge in [0.05, 0.1) is 5.57 Å². The zero-order valence-electron chi connectivity index (χ0n) is 10.1. The second-order valence-electron chi connectivity index (χ2n) is 3.78. The number of ketones is 1. The molecule has 0 spiro atoms. The topological polar surface area (TPSA) is 66.4 Å².